The van der Waals surface area contributed by atoms with Crippen molar-refractivity contribution in [2.24, 2.45) is 0 Å². The van der Waals surface area contributed by atoms with Crippen LogP contribution in [0.5, 0.6) is 0 Å². The number of hydrogen-bond acceptors (Lipinski definition) is 3. The summed E-state index contributed by atoms with van der Waals surface area (Å²) >= 11 is 5.32. The molecule has 0 amide bonds. The summed E-state index contributed by atoms with van der Waals surface area (Å²) < 4.78 is 30.9. The van der Waals surface area contributed by atoms with Gasteiger partial charge in [-0.3, -0.25) is 0 Å². The first kappa shape index (κ1) is 20.9. The quantitative estimate of drug-likeness (QED) is 0.222. The molecule has 35 heavy (non-hydrogen) atoms. The molecule has 0 aliphatic rings. The Kier molecular flexibility index (Phi) is 4.84. The Morgan fingerprint density at radius 3 is 1.11 bits per heavy atom. The van der Waals surface area contributed by atoms with Crippen LogP contribution in [-0.2, 0) is 0 Å². The molecule has 4 aromatic carbocycles. The van der Waals surface area contributed by atoms with Gasteiger partial charge in [0.25, 0.3) is 0 Å². The Labute approximate surface area is 212 Å². The lowest BCUT2D eigenvalue weighted by molar-refractivity contribution is 0.627. The molecule has 0 bridgehead atoms. The van der Waals surface area contributed by atoms with Crippen LogP contribution in [0.25, 0.3) is 61.6 Å². The molecule has 0 aliphatic heterocycles. The van der Waals surface area contributed by atoms with Crippen molar-refractivity contribution in [1.29, 1.82) is 0 Å². The lowest BCUT2D eigenvalue weighted by atomic mass is 10.1. The normalized spacial score (nSPS) is 11.7. The fourth-order valence-electron chi connectivity index (χ4n) is 4.54. The van der Waals surface area contributed by atoms with Crippen molar-refractivity contribution in [3.63, 3.8) is 0 Å². The van der Waals surface area contributed by atoms with Crippen LogP contribution in [0.1, 0.15) is 0 Å². The highest BCUT2D eigenvalue weighted by Gasteiger charge is 2.19. The van der Waals surface area contributed by atoms with Gasteiger partial charge in [0, 0.05) is 44.9 Å². The Hall–Kier alpha value is -3.38. The zero-order valence-electron chi connectivity index (χ0n) is 18.2. The SMILES string of the molecule is Fc1ccc(-c2cc3c(s2)c2cc(-c4ccccc4)sc2c2cc(-c4ccc(F)cc4)sc23)cc1. The van der Waals surface area contributed by atoms with Crippen molar-refractivity contribution in [2.75, 3.05) is 0 Å². The summed E-state index contributed by atoms with van der Waals surface area (Å²) in [5.74, 6) is -0.459. The van der Waals surface area contributed by atoms with Gasteiger partial charge in [-0.2, -0.15) is 0 Å². The zero-order valence-corrected chi connectivity index (χ0v) is 20.7. The molecule has 0 saturated carbocycles. The maximum Gasteiger partial charge on any atom is 0.123 e. The second kappa shape index (κ2) is 8.09. The van der Waals surface area contributed by atoms with E-state index in [9.17, 15) is 8.78 Å². The van der Waals surface area contributed by atoms with E-state index in [1.807, 2.05) is 41.7 Å². The van der Waals surface area contributed by atoms with Crippen molar-refractivity contribution in [3.05, 3.63) is 109 Å². The van der Waals surface area contributed by atoms with Gasteiger partial charge in [0.05, 0.1) is 0 Å². The summed E-state index contributed by atoms with van der Waals surface area (Å²) in [6.07, 6.45) is 0. The number of hydrogen-bond donors (Lipinski definition) is 0. The second-order valence-electron chi connectivity index (χ2n) is 8.44. The Bertz CT molecular complexity index is 1720. The molecule has 7 aromatic rings. The molecule has 0 N–H and O–H groups in total. The van der Waals surface area contributed by atoms with E-state index in [1.54, 1.807) is 22.7 Å². The first-order valence-corrected chi connectivity index (χ1v) is 13.6. The van der Waals surface area contributed by atoms with Crippen molar-refractivity contribution in [2.45, 2.75) is 0 Å². The lowest BCUT2D eigenvalue weighted by Crippen LogP contribution is -1.73. The fourth-order valence-corrected chi connectivity index (χ4v) is 8.31. The molecule has 0 saturated heterocycles. The number of rotatable bonds is 3. The Morgan fingerprint density at radius 2 is 0.743 bits per heavy atom. The topological polar surface area (TPSA) is 0 Å². The maximum atomic E-state index is 13.6. The molecule has 0 aliphatic carbocycles. The van der Waals surface area contributed by atoms with Crippen molar-refractivity contribution < 1.29 is 8.78 Å². The number of benzene rings is 4. The van der Waals surface area contributed by atoms with Crippen LogP contribution in [-0.4, -0.2) is 0 Å². The average Bonchev–Trinajstić information content (AvgIpc) is 3.61. The highest BCUT2D eigenvalue weighted by atomic mass is 32.1. The van der Waals surface area contributed by atoms with E-state index in [1.165, 1.54) is 65.0 Å². The minimum Gasteiger partial charge on any atom is -0.207 e. The summed E-state index contributed by atoms with van der Waals surface area (Å²) in [6.45, 7) is 0. The molecule has 7 rings (SSSR count). The Balaban J connectivity index is 1.54. The number of fused-ring (bicyclic) bond motifs is 6. The summed E-state index contributed by atoms with van der Waals surface area (Å²) in [4.78, 5) is 3.48. The molecule has 5 heteroatoms. The van der Waals surface area contributed by atoms with Crippen LogP contribution in [0.4, 0.5) is 8.78 Å². The fraction of sp³-hybridized carbons (Fsp3) is 0. The summed E-state index contributed by atoms with van der Waals surface area (Å²) in [6, 6.07) is 30.7. The molecule has 0 radical (unpaired) electrons. The highest BCUT2D eigenvalue weighted by Crippen LogP contribution is 2.50. The van der Waals surface area contributed by atoms with Gasteiger partial charge in [0.1, 0.15) is 11.6 Å². The monoisotopic (exact) mass is 510 g/mol. The smallest absolute Gasteiger partial charge is 0.123 e. The van der Waals surface area contributed by atoms with E-state index < -0.39 is 0 Å². The van der Waals surface area contributed by atoms with Gasteiger partial charge >= 0.3 is 0 Å². The van der Waals surface area contributed by atoms with Crippen molar-refractivity contribution in [1.82, 2.24) is 0 Å². The van der Waals surface area contributed by atoms with Crippen LogP contribution >= 0.6 is 34.0 Å². The minimum atomic E-state index is -0.229. The standard InChI is InChI=1S/C30H16F2S3/c31-20-10-6-18(7-11-20)26-15-23-28-22(14-25(33-28)17-4-2-1-3-5-17)29-24(30(23)35-26)16-27(34-29)19-8-12-21(32)13-9-19/h1-16H. The van der Waals surface area contributed by atoms with Crippen LogP contribution in [0, 0.1) is 11.6 Å². The van der Waals surface area contributed by atoms with E-state index in [4.69, 9.17) is 0 Å². The van der Waals surface area contributed by atoms with Gasteiger partial charge in [-0.1, -0.05) is 54.6 Å². The zero-order chi connectivity index (χ0) is 23.5. The van der Waals surface area contributed by atoms with E-state index >= 15 is 0 Å². The molecule has 0 atom stereocenters. The third-order valence-electron chi connectivity index (χ3n) is 6.25. The van der Waals surface area contributed by atoms with Gasteiger partial charge in [0.2, 0.25) is 0 Å². The molecule has 0 fully saturated rings. The van der Waals surface area contributed by atoms with E-state index in [2.05, 4.69) is 42.5 Å². The first-order chi connectivity index (χ1) is 17.1. The predicted molar refractivity (Wildman–Crippen MR) is 149 cm³/mol. The van der Waals surface area contributed by atoms with Gasteiger partial charge in [-0.25, -0.2) is 8.78 Å². The largest absolute Gasteiger partial charge is 0.207 e. The van der Waals surface area contributed by atoms with Gasteiger partial charge in [-0.05, 0) is 59.2 Å². The number of halogens is 2. The summed E-state index contributed by atoms with van der Waals surface area (Å²) in [7, 11) is 0. The van der Waals surface area contributed by atoms with Crippen LogP contribution < -0.4 is 0 Å². The first-order valence-electron chi connectivity index (χ1n) is 11.1. The van der Waals surface area contributed by atoms with Gasteiger partial charge < -0.3 is 0 Å². The van der Waals surface area contributed by atoms with E-state index in [0.717, 1.165) is 20.9 Å². The molecular weight excluding hydrogens is 495 g/mol. The third kappa shape index (κ3) is 3.50. The molecule has 0 nitrogen and oxygen atoms in total. The van der Waals surface area contributed by atoms with Crippen molar-refractivity contribution in [3.8, 4) is 31.3 Å². The van der Waals surface area contributed by atoms with Crippen LogP contribution in [0.3, 0.4) is 0 Å². The summed E-state index contributed by atoms with van der Waals surface area (Å²) in [5, 5.41) is 3.69. The van der Waals surface area contributed by atoms with Crippen LogP contribution in [0.2, 0.25) is 0 Å². The van der Waals surface area contributed by atoms with E-state index in [-0.39, 0.29) is 11.6 Å². The van der Waals surface area contributed by atoms with Crippen molar-refractivity contribution >= 4 is 64.3 Å². The number of thiophene rings is 3. The van der Waals surface area contributed by atoms with Gasteiger partial charge in [0.15, 0.2) is 0 Å². The molecule has 3 aromatic heterocycles. The molecular formula is C30H16F2S3. The van der Waals surface area contributed by atoms with E-state index in [0.29, 0.717) is 0 Å². The maximum absolute atomic E-state index is 13.6. The second-order valence-corrected chi connectivity index (χ2v) is 11.6. The summed E-state index contributed by atoms with van der Waals surface area (Å²) in [5.41, 5.74) is 3.24. The predicted octanol–water partition coefficient (Wildman–Crippen LogP) is 10.6. The molecule has 0 unspecified atom stereocenters. The highest BCUT2D eigenvalue weighted by molar-refractivity contribution is 7.29. The minimum absolute atomic E-state index is 0.229. The molecule has 0 spiro atoms. The third-order valence-corrected chi connectivity index (χ3v) is 9.90. The average molecular weight is 511 g/mol. The van der Waals surface area contributed by atoms with Crippen LogP contribution in [0.15, 0.2) is 97.1 Å². The van der Waals surface area contributed by atoms with Gasteiger partial charge in [-0.15, -0.1) is 34.0 Å². The Morgan fingerprint density at radius 1 is 0.400 bits per heavy atom. The molecule has 3 heterocycles. The molecule has 168 valence electrons. The lowest BCUT2D eigenvalue weighted by Gasteiger charge is -1.96.